The first-order valence-electron chi connectivity index (χ1n) is 7.88. The second-order valence-electron chi connectivity index (χ2n) is 6.02. The molecule has 0 amide bonds. The molecule has 1 atom stereocenters. The topological polar surface area (TPSA) is 44.5 Å². The first-order valence-corrected chi connectivity index (χ1v) is 8.26. The lowest BCUT2D eigenvalue weighted by molar-refractivity contribution is 0.176. The van der Waals surface area contributed by atoms with Gasteiger partial charge in [0.2, 0.25) is 0 Å². The summed E-state index contributed by atoms with van der Waals surface area (Å²) in [6, 6.07) is 4.03. The van der Waals surface area contributed by atoms with E-state index in [2.05, 4.69) is 0 Å². The maximum absolute atomic E-state index is 6.41. The van der Waals surface area contributed by atoms with E-state index in [1.54, 1.807) is 7.11 Å². The molecule has 1 unspecified atom stereocenters. The van der Waals surface area contributed by atoms with E-state index in [4.69, 9.17) is 26.8 Å². The minimum absolute atomic E-state index is 0.0967. The van der Waals surface area contributed by atoms with Crippen LogP contribution in [0.4, 0.5) is 0 Å². The van der Waals surface area contributed by atoms with Gasteiger partial charge >= 0.3 is 0 Å². The van der Waals surface area contributed by atoms with Crippen LogP contribution in [0.1, 0.15) is 51.0 Å². The zero-order chi connectivity index (χ0) is 15.2. The molecule has 21 heavy (non-hydrogen) atoms. The van der Waals surface area contributed by atoms with Gasteiger partial charge in [-0.2, -0.15) is 0 Å². The monoisotopic (exact) mass is 311 g/mol. The van der Waals surface area contributed by atoms with Gasteiger partial charge in [-0.15, -0.1) is 0 Å². The van der Waals surface area contributed by atoms with Gasteiger partial charge in [0.15, 0.2) is 11.5 Å². The first-order chi connectivity index (χ1) is 10.1. The van der Waals surface area contributed by atoms with Crippen LogP contribution in [0.15, 0.2) is 12.1 Å². The second kappa shape index (κ2) is 7.90. The zero-order valence-electron chi connectivity index (χ0n) is 13.0. The Morgan fingerprint density at radius 2 is 1.90 bits per heavy atom. The molecule has 1 saturated carbocycles. The summed E-state index contributed by atoms with van der Waals surface area (Å²) in [6.07, 6.45) is 8.29. The summed E-state index contributed by atoms with van der Waals surface area (Å²) in [5.74, 6) is 1.39. The molecule has 0 saturated heterocycles. The summed E-state index contributed by atoms with van der Waals surface area (Å²) in [6.45, 7) is 1.98. The minimum Gasteiger partial charge on any atom is -0.493 e. The maximum Gasteiger partial charge on any atom is 0.180 e. The molecule has 0 bridgehead atoms. The Labute approximate surface area is 132 Å². The Bertz CT molecular complexity index is 454. The van der Waals surface area contributed by atoms with Gasteiger partial charge in [-0.1, -0.05) is 24.4 Å². The van der Waals surface area contributed by atoms with Gasteiger partial charge in [-0.25, -0.2) is 0 Å². The molecule has 0 aromatic heterocycles. The van der Waals surface area contributed by atoms with E-state index in [9.17, 15) is 0 Å². The summed E-state index contributed by atoms with van der Waals surface area (Å²) in [7, 11) is 1.65. The standard InChI is InChI=1S/C17H26ClNO2/c1-12(19)9-13-10-15(18)17(16(11-13)20-2)21-14-7-5-3-4-6-8-14/h10-12,14H,3-9,19H2,1-2H3. The van der Waals surface area contributed by atoms with Crippen LogP contribution < -0.4 is 15.2 Å². The highest BCUT2D eigenvalue weighted by Gasteiger charge is 2.19. The molecule has 118 valence electrons. The van der Waals surface area contributed by atoms with E-state index in [1.165, 1.54) is 25.7 Å². The molecule has 0 heterocycles. The molecular formula is C17H26ClNO2. The molecule has 0 spiro atoms. The lowest BCUT2D eigenvalue weighted by Gasteiger charge is -2.21. The average Bonchev–Trinajstić information content (AvgIpc) is 2.69. The van der Waals surface area contributed by atoms with Crippen LogP contribution >= 0.6 is 11.6 Å². The largest absolute Gasteiger partial charge is 0.493 e. The third-order valence-electron chi connectivity index (χ3n) is 3.93. The highest BCUT2D eigenvalue weighted by molar-refractivity contribution is 6.32. The van der Waals surface area contributed by atoms with Gasteiger partial charge in [-0.05, 0) is 56.7 Å². The average molecular weight is 312 g/mol. The van der Waals surface area contributed by atoms with Crippen molar-refractivity contribution in [1.29, 1.82) is 0 Å². The molecular weight excluding hydrogens is 286 g/mol. The van der Waals surface area contributed by atoms with Gasteiger partial charge in [0.05, 0.1) is 18.2 Å². The van der Waals surface area contributed by atoms with Crippen LogP contribution in [0.2, 0.25) is 5.02 Å². The number of nitrogens with two attached hydrogens (primary N) is 1. The van der Waals surface area contributed by atoms with Gasteiger partial charge in [0.25, 0.3) is 0 Å². The van der Waals surface area contributed by atoms with Gasteiger partial charge in [0, 0.05) is 6.04 Å². The molecule has 0 aliphatic heterocycles. The van der Waals surface area contributed by atoms with Crippen molar-refractivity contribution < 1.29 is 9.47 Å². The number of halogens is 1. The van der Waals surface area contributed by atoms with Gasteiger partial charge in [0.1, 0.15) is 0 Å². The summed E-state index contributed by atoms with van der Waals surface area (Å²) in [5.41, 5.74) is 6.94. The lowest BCUT2D eigenvalue weighted by atomic mass is 10.1. The number of hydrogen-bond donors (Lipinski definition) is 1. The van der Waals surface area contributed by atoms with Crippen LogP contribution in [0.5, 0.6) is 11.5 Å². The molecule has 1 aromatic carbocycles. The Kier molecular flexibility index (Phi) is 6.19. The quantitative estimate of drug-likeness (QED) is 0.823. The number of ether oxygens (including phenoxy) is 2. The van der Waals surface area contributed by atoms with Crippen LogP contribution in [0, 0.1) is 0 Å². The van der Waals surface area contributed by atoms with Crippen LogP contribution in [-0.4, -0.2) is 19.3 Å². The highest BCUT2D eigenvalue weighted by atomic mass is 35.5. The molecule has 4 heteroatoms. The van der Waals surface area contributed by atoms with Crippen molar-refractivity contribution in [2.45, 2.75) is 64.0 Å². The predicted molar refractivity (Wildman–Crippen MR) is 87.5 cm³/mol. The van der Waals surface area contributed by atoms with Crippen molar-refractivity contribution in [3.8, 4) is 11.5 Å². The molecule has 0 radical (unpaired) electrons. The van der Waals surface area contributed by atoms with Crippen molar-refractivity contribution in [2.75, 3.05) is 7.11 Å². The number of methoxy groups -OCH3 is 1. The van der Waals surface area contributed by atoms with Crippen LogP contribution in [-0.2, 0) is 6.42 Å². The molecule has 2 N–H and O–H groups in total. The molecule has 2 rings (SSSR count). The lowest BCUT2D eigenvalue weighted by Crippen LogP contribution is -2.18. The Hall–Kier alpha value is -0.930. The predicted octanol–water partition coefficient (Wildman–Crippen LogP) is 4.34. The summed E-state index contributed by atoms with van der Waals surface area (Å²) < 4.78 is 11.6. The third-order valence-corrected chi connectivity index (χ3v) is 4.21. The normalized spacial score (nSPS) is 18.1. The van der Waals surface area contributed by atoms with Gasteiger partial charge in [-0.3, -0.25) is 0 Å². The van der Waals surface area contributed by atoms with Crippen molar-refractivity contribution in [1.82, 2.24) is 0 Å². The first kappa shape index (κ1) is 16.4. The Morgan fingerprint density at radius 1 is 1.24 bits per heavy atom. The van der Waals surface area contributed by atoms with E-state index < -0.39 is 0 Å². The fourth-order valence-corrected chi connectivity index (χ4v) is 3.18. The molecule has 3 nitrogen and oxygen atoms in total. The zero-order valence-corrected chi connectivity index (χ0v) is 13.8. The van der Waals surface area contributed by atoms with Crippen molar-refractivity contribution >= 4 is 11.6 Å². The van der Waals surface area contributed by atoms with E-state index in [0.717, 1.165) is 24.8 Å². The van der Waals surface area contributed by atoms with Crippen LogP contribution in [0.25, 0.3) is 0 Å². The molecule has 1 aliphatic carbocycles. The minimum atomic E-state index is 0.0967. The van der Waals surface area contributed by atoms with E-state index in [1.807, 2.05) is 19.1 Å². The van der Waals surface area contributed by atoms with Gasteiger partial charge < -0.3 is 15.2 Å². The SMILES string of the molecule is COc1cc(CC(C)N)cc(Cl)c1OC1CCCCCC1. The maximum atomic E-state index is 6.41. The summed E-state index contributed by atoms with van der Waals surface area (Å²) in [4.78, 5) is 0. The van der Waals surface area contributed by atoms with Crippen molar-refractivity contribution in [3.05, 3.63) is 22.7 Å². The Balaban J connectivity index is 2.17. The fraction of sp³-hybridized carbons (Fsp3) is 0.647. The Morgan fingerprint density at radius 3 is 2.48 bits per heavy atom. The third kappa shape index (κ3) is 4.79. The van der Waals surface area contributed by atoms with Crippen molar-refractivity contribution in [3.63, 3.8) is 0 Å². The van der Waals surface area contributed by atoms with E-state index >= 15 is 0 Å². The molecule has 1 fully saturated rings. The molecule has 1 aromatic rings. The number of rotatable bonds is 5. The fourth-order valence-electron chi connectivity index (χ4n) is 2.90. The summed E-state index contributed by atoms with van der Waals surface area (Å²) in [5, 5.41) is 0.620. The number of benzene rings is 1. The van der Waals surface area contributed by atoms with E-state index in [0.29, 0.717) is 16.5 Å². The summed E-state index contributed by atoms with van der Waals surface area (Å²) >= 11 is 6.41. The second-order valence-corrected chi connectivity index (χ2v) is 6.43. The smallest absolute Gasteiger partial charge is 0.180 e. The van der Waals surface area contributed by atoms with Crippen LogP contribution in [0.3, 0.4) is 0 Å². The van der Waals surface area contributed by atoms with Crippen molar-refractivity contribution in [2.24, 2.45) is 5.73 Å². The number of hydrogen-bond acceptors (Lipinski definition) is 3. The molecule has 1 aliphatic rings. The highest BCUT2D eigenvalue weighted by Crippen LogP contribution is 2.38. The van der Waals surface area contributed by atoms with E-state index in [-0.39, 0.29) is 12.1 Å².